The van der Waals surface area contributed by atoms with Gasteiger partial charge in [-0.15, -0.1) is 0 Å². The molecule has 0 N–H and O–H groups in total. The fourth-order valence-corrected chi connectivity index (χ4v) is 4.06. The monoisotopic (exact) mass is 332 g/mol. The maximum absolute atomic E-state index is 12.3. The van der Waals surface area contributed by atoms with Crippen LogP contribution in [-0.2, 0) is 19.6 Å². The lowest BCUT2D eigenvalue weighted by atomic mass is 10.00. The van der Waals surface area contributed by atoms with E-state index in [1.54, 1.807) is 0 Å². The molecule has 2 rings (SSSR count). The van der Waals surface area contributed by atoms with E-state index in [0.29, 0.717) is 19.1 Å². The number of carbonyl (C=O) groups is 1. The van der Waals surface area contributed by atoms with Crippen molar-refractivity contribution < 1.29 is 17.9 Å². The molecule has 0 spiro atoms. The van der Waals surface area contributed by atoms with Crippen LogP contribution < -0.4 is 0 Å². The predicted molar refractivity (Wildman–Crippen MR) is 85.0 cm³/mol. The van der Waals surface area contributed by atoms with Gasteiger partial charge in [-0.25, -0.2) is 8.42 Å². The van der Waals surface area contributed by atoms with Crippen LogP contribution in [0.25, 0.3) is 0 Å². The van der Waals surface area contributed by atoms with Crippen LogP contribution in [-0.4, -0.2) is 68.7 Å². The number of piperidine rings is 1. The number of amides is 1. The molecule has 0 radical (unpaired) electrons. The smallest absolute Gasteiger partial charge is 0.223 e. The summed E-state index contributed by atoms with van der Waals surface area (Å²) in [6, 6.07) is 0. The third-order valence-electron chi connectivity index (χ3n) is 4.49. The molecule has 7 heteroatoms. The molecule has 128 valence electrons. The standard InChI is InChI=1S/C15H28N2O4S/c1-13-5-3-8-16(11-13)15(18)7-9-17(22(2,19)20)12-14-6-4-10-21-14/h13-14H,3-12H2,1-2H3. The van der Waals surface area contributed by atoms with Crippen molar-refractivity contribution in [1.29, 1.82) is 0 Å². The summed E-state index contributed by atoms with van der Waals surface area (Å²) in [7, 11) is -3.31. The van der Waals surface area contributed by atoms with E-state index in [0.717, 1.165) is 38.8 Å². The molecule has 0 saturated carbocycles. The van der Waals surface area contributed by atoms with E-state index in [1.807, 2.05) is 4.90 Å². The third-order valence-corrected chi connectivity index (χ3v) is 5.75. The van der Waals surface area contributed by atoms with E-state index in [2.05, 4.69) is 6.92 Å². The molecule has 2 aliphatic rings. The molecule has 0 aromatic carbocycles. The van der Waals surface area contributed by atoms with E-state index >= 15 is 0 Å². The van der Waals surface area contributed by atoms with E-state index in [-0.39, 0.29) is 25.0 Å². The molecule has 6 nitrogen and oxygen atoms in total. The van der Waals surface area contributed by atoms with E-state index in [1.165, 1.54) is 10.6 Å². The van der Waals surface area contributed by atoms with Gasteiger partial charge in [-0.1, -0.05) is 6.92 Å². The number of nitrogens with zero attached hydrogens (tertiary/aromatic N) is 2. The summed E-state index contributed by atoms with van der Waals surface area (Å²) in [6.07, 6.45) is 5.51. The summed E-state index contributed by atoms with van der Waals surface area (Å²) >= 11 is 0. The Morgan fingerprint density at radius 1 is 1.32 bits per heavy atom. The number of hydrogen-bond acceptors (Lipinski definition) is 4. The summed E-state index contributed by atoms with van der Waals surface area (Å²) in [5.74, 6) is 0.600. The minimum absolute atomic E-state index is 0.0279. The van der Waals surface area contributed by atoms with Crippen molar-refractivity contribution in [3.8, 4) is 0 Å². The Hall–Kier alpha value is -0.660. The topological polar surface area (TPSA) is 66.9 Å². The zero-order valence-electron chi connectivity index (χ0n) is 13.7. The number of ether oxygens (including phenoxy) is 1. The van der Waals surface area contributed by atoms with Crippen molar-refractivity contribution in [2.45, 2.75) is 45.1 Å². The van der Waals surface area contributed by atoms with Crippen LogP contribution in [0.3, 0.4) is 0 Å². The second kappa shape index (κ2) is 7.75. The highest BCUT2D eigenvalue weighted by atomic mass is 32.2. The first-order valence-corrected chi connectivity index (χ1v) is 10.1. The fourth-order valence-electron chi connectivity index (χ4n) is 3.20. The fraction of sp³-hybridized carbons (Fsp3) is 0.933. The maximum atomic E-state index is 12.3. The first-order valence-electron chi connectivity index (χ1n) is 8.21. The van der Waals surface area contributed by atoms with Gasteiger partial charge in [0.2, 0.25) is 15.9 Å². The van der Waals surface area contributed by atoms with Gasteiger partial charge in [0.1, 0.15) is 0 Å². The second-order valence-corrected chi connectivity index (χ2v) is 8.58. The summed E-state index contributed by atoms with van der Waals surface area (Å²) in [5, 5.41) is 0. The molecule has 22 heavy (non-hydrogen) atoms. The predicted octanol–water partition coefficient (Wildman–Crippen LogP) is 1.08. The summed E-state index contributed by atoms with van der Waals surface area (Å²) in [5.41, 5.74) is 0. The molecule has 0 aromatic rings. The minimum Gasteiger partial charge on any atom is -0.377 e. The van der Waals surface area contributed by atoms with Gasteiger partial charge in [-0.2, -0.15) is 4.31 Å². The molecule has 0 aromatic heterocycles. The lowest BCUT2D eigenvalue weighted by Crippen LogP contribution is -2.42. The first-order chi connectivity index (χ1) is 10.4. The molecule has 1 amide bonds. The molecular weight excluding hydrogens is 304 g/mol. The van der Waals surface area contributed by atoms with E-state index < -0.39 is 10.0 Å². The van der Waals surface area contributed by atoms with Gasteiger partial charge in [-0.05, 0) is 31.6 Å². The quantitative estimate of drug-likeness (QED) is 0.730. The molecule has 0 bridgehead atoms. The highest BCUT2D eigenvalue weighted by Gasteiger charge is 2.26. The average molecular weight is 332 g/mol. The Bertz CT molecular complexity index is 474. The van der Waals surface area contributed by atoms with Crippen LogP contribution in [0.1, 0.15) is 39.0 Å². The van der Waals surface area contributed by atoms with Gasteiger partial charge in [-0.3, -0.25) is 4.79 Å². The number of sulfonamides is 1. The summed E-state index contributed by atoms with van der Waals surface area (Å²) in [4.78, 5) is 14.2. The maximum Gasteiger partial charge on any atom is 0.223 e. The Morgan fingerprint density at radius 3 is 2.68 bits per heavy atom. The molecule has 2 fully saturated rings. The Labute approximate surface area is 133 Å². The normalized spacial score (nSPS) is 26.6. The molecule has 2 heterocycles. The summed E-state index contributed by atoms with van der Waals surface area (Å²) < 4.78 is 30.7. The van der Waals surface area contributed by atoms with Crippen molar-refractivity contribution in [3.63, 3.8) is 0 Å². The minimum atomic E-state index is -3.31. The number of likely N-dealkylation sites (tertiary alicyclic amines) is 1. The second-order valence-electron chi connectivity index (χ2n) is 6.59. The van der Waals surface area contributed by atoms with Crippen LogP contribution in [0.5, 0.6) is 0 Å². The highest BCUT2D eigenvalue weighted by molar-refractivity contribution is 7.88. The van der Waals surface area contributed by atoms with Gasteiger partial charge in [0.15, 0.2) is 0 Å². The van der Waals surface area contributed by atoms with Crippen LogP contribution in [0.4, 0.5) is 0 Å². The molecule has 2 aliphatic heterocycles. The molecule has 2 saturated heterocycles. The molecule has 2 unspecified atom stereocenters. The van der Waals surface area contributed by atoms with Crippen molar-refractivity contribution >= 4 is 15.9 Å². The van der Waals surface area contributed by atoms with Gasteiger partial charge in [0.05, 0.1) is 12.4 Å². The lowest BCUT2D eigenvalue weighted by molar-refractivity contribution is -0.133. The zero-order chi connectivity index (χ0) is 16.2. The number of carbonyl (C=O) groups excluding carboxylic acids is 1. The van der Waals surface area contributed by atoms with E-state index in [4.69, 9.17) is 4.74 Å². The van der Waals surface area contributed by atoms with Crippen molar-refractivity contribution in [1.82, 2.24) is 9.21 Å². The largest absolute Gasteiger partial charge is 0.377 e. The Balaban J connectivity index is 1.85. The van der Waals surface area contributed by atoms with Gasteiger partial charge >= 0.3 is 0 Å². The van der Waals surface area contributed by atoms with Crippen LogP contribution in [0, 0.1) is 5.92 Å². The SMILES string of the molecule is CC1CCCN(C(=O)CCN(CC2CCCO2)S(C)(=O)=O)C1. The lowest BCUT2D eigenvalue weighted by Gasteiger charge is -2.31. The number of rotatable bonds is 6. The van der Waals surface area contributed by atoms with Gasteiger partial charge in [0.25, 0.3) is 0 Å². The number of hydrogen-bond donors (Lipinski definition) is 0. The average Bonchev–Trinajstić information content (AvgIpc) is 2.94. The zero-order valence-corrected chi connectivity index (χ0v) is 14.5. The van der Waals surface area contributed by atoms with Crippen molar-refractivity contribution in [2.24, 2.45) is 5.92 Å². The molecule has 0 aliphatic carbocycles. The van der Waals surface area contributed by atoms with E-state index in [9.17, 15) is 13.2 Å². The van der Waals surface area contributed by atoms with Crippen LogP contribution in [0.2, 0.25) is 0 Å². The van der Waals surface area contributed by atoms with Crippen LogP contribution in [0.15, 0.2) is 0 Å². The van der Waals surface area contributed by atoms with Crippen LogP contribution >= 0.6 is 0 Å². The third kappa shape index (κ3) is 5.21. The van der Waals surface area contributed by atoms with Crippen molar-refractivity contribution in [3.05, 3.63) is 0 Å². The highest BCUT2D eigenvalue weighted by Crippen LogP contribution is 2.18. The van der Waals surface area contributed by atoms with Crippen molar-refractivity contribution in [2.75, 3.05) is 39.0 Å². The summed E-state index contributed by atoms with van der Waals surface area (Å²) in [6.45, 7) is 5.06. The molecular formula is C15H28N2O4S. The van der Waals surface area contributed by atoms with Gasteiger partial charge in [0, 0.05) is 39.2 Å². The Kier molecular flexibility index (Phi) is 6.23. The Morgan fingerprint density at radius 2 is 2.09 bits per heavy atom. The molecule has 2 atom stereocenters. The first kappa shape index (κ1) is 17.7. The van der Waals surface area contributed by atoms with Gasteiger partial charge < -0.3 is 9.64 Å².